The largest absolute Gasteiger partial charge is 0.493 e. The second-order valence-electron chi connectivity index (χ2n) is 4.90. The molecule has 1 aliphatic heterocycles. The first-order valence-electron chi connectivity index (χ1n) is 6.11. The third-order valence-corrected chi connectivity index (χ3v) is 3.68. The fraction of sp³-hybridized carbons (Fsp3) is 0.538. The molecule has 0 spiro atoms. The summed E-state index contributed by atoms with van der Waals surface area (Å²) in [7, 11) is 3.09. The summed E-state index contributed by atoms with van der Waals surface area (Å²) in [6, 6.07) is 0.796. The summed E-state index contributed by atoms with van der Waals surface area (Å²) >= 11 is 0. The van der Waals surface area contributed by atoms with E-state index in [1.54, 1.807) is 0 Å². The minimum absolute atomic E-state index is 0.215. The summed E-state index contributed by atoms with van der Waals surface area (Å²) in [5.74, 6) is -3.94. The maximum Gasteiger partial charge on any atom is 0.204 e. The Balaban J connectivity index is 2.45. The number of hydrogen-bond donors (Lipinski definition) is 1. The number of likely N-dealkylation sites (tertiary alicyclic amines) is 1. The van der Waals surface area contributed by atoms with Gasteiger partial charge in [-0.2, -0.15) is 4.39 Å². The Bertz CT molecular complexity index is 481. The molecule has 0 saturated carbocycles. The van der Waals surface area contributed by atoms with Gasteiger partial charge in [-0.05, 0) is 32.0 Å². The van der Waals surface area contributed by atoms with E-state index < -0.39 is 17.5 Å². The van der Waals surface area contributed by atoms with Crippen LogP contribution in [0.1, 0.15) is 18.0 Å². The maximum atomic E-state index is 13.7. The molecule has 2 atom stereocenters. The lowest BCUT2D eigenvalue weighted by Crippen LogP contribution is -2.21. The Morgan fingerprint density at radius 1 is 1.37 bits per heavy atom. The number of nitrogens with zero attached hydrogens (tertiary/aromatic N) is 1. The maximum absolute atomic E-state index is 13.7. The first-order valence-corrected chi connectivity index (χ1v) is 6.11. The van der Waals surface area contributed by atoms with Crippen molar-refractivity contribution in [2.24, 2.45) is 11.7 Å². The number of benzene rings is 1. The van der Waals surface area contributed by atoms with Crippen LogP contribution in [0, 0.1) is 23.4 Å². The molecule has 1 fully saturated rings. The van der Waals surface area contributed by atoms with Gasteiger partial charge in [-0.1, -0.05) is 0 Å². The molecule has 2 rings (SSSR count). The lowest BCUT2D eigenvalue weighted by molar-refractivity contribution is 0.292. The van der Waals surface area contributed by atoms with E-state index in [0.29, 0.717) is 18.5 Å². The topological polar surface area (TPSA) is 38.5 Å². The molecular formula is C13H17F3N2O. The molecule has 2 N–H and O–H groups in total. The van der Waals surface area contributed by atoms with E-state index in [9.17, 15) is 13.2 Å². The summed E-state index contributed by atoms with van der Waals surface area (Å²) in [4.78, 5) is 1.95. The Morgan fingerprint density at radius 2 is 2.05 bits per heavy atom. The van der Waals surface area contributed by atoms with E-state index in [-0.39, 0.29) is 17.7 Å². The highest BCUT2D eigenvalue weighted by atomic mass is 19.2. The highest BCUT2D eigenvalue weighted by Crippen LogP contribution is 2.40. The lowest BCUT2D eigenvalue weighted by Gasteiger charge is -2.22. The first kappa shape index (κ1) is 14.1. The average molecular weight is 274 g/mol. The third kappa shape index (κ3) is 2.42. The van der Waals surface area contributed by atoms with Crippen LogP contribution in [0.4, 0.5) is 13.2 Å². The second kappa shape index (κ2) is 5.38. The van der Waals surface area contributed by atoms with Crippen LogP contribution in [0.15, 0.2) is 6.07 Å². The van der Waals surface area contributed by atoms with Crippen LogP contribution in [0.5, 0.6) is 5.75 Å². The molecular weight excluding hydrogens is 257 g/mol. The monoisotopic (exact) mass is 274 g/mol. The van der Waals surface area contributed by atoms with E-state index in [2.05, 4.69) is 0 Å². The van der Waals surface area contributed by atoms with Crippen molar-refractivity contribution in [2.45, 2.75) is 12.5 Å². The Hall–Kier alpha value is -1.27. The molecule has 2 unspecified atom stereocenters. The molecule has 1 aliphatic rings. The van der Waals surface area contributed by atoms with Gasteiger partial charge < -0.3 is 10.5 Å². The quantitative estimate of drug-likeness (QED) is 0.857. The van der Waals surface area contributed by atoms with Crippen LogP contribution >= 0.6 is 0 Å². The number of halogens is 3. The molecule has 1 aromatic carbocycles. The normalized spacial score (nSPS) is 23.9. The van der Waals surface area contributed by atoms with Gasteiger partial charge in [-0.25, -0.2) is 8.78 Å². The minimum atomic E-state index is -1.50. The van der Waals surface area contributed by atoms with E-state index in [1.807, 2.05) is 11.9 Å². The van der Waals surface area contributed by atoms with Crippen molar-refractivity contribution in [1.29, 1.82) is 0 Å². The number of nitrogens with two attached hydrogens (primary N) is 1. The van der Waals surface area contributed by atoms with Crippen molar-refractivity contribution < 1.29 is 17.9 Å². The highest BCUT2D eigenvalue weighted by Gasteiger charge is 2.34. The van der Waals surface area contributed by atoms with Crippen molar-refractivity contribution in [2.75, 3.05) is 27.2 Å². The summed E-state index contributed by atoms with van der Waals surface area (Å²) in [5, 5.41) is 0. The Morgan fingerprint density at radius 3 is 2.58 bits per heavy atom. The molecule has 0 aromatic heterocycles. The number of methoxy groups -OCH3 is 1. The van der Waals surface area contributed by atoms with E-state index in [0.717, 1.165) is 12.6 Å². The minimum Gasteiger partial charge on any atom is -0.493 e. The van der Waals surface area contributed by atoms with Gasteiger partial charge in [0.1, 0.15) is 0 Å². The fourth-order valence-electron chi connectivity index (χ4n) is 2.69. The standard InChI is InChI=1S/C13H17F3N2O/c1-18-6-7(5-17)3-10(18)8-4-9(14)11(15)12(16)13(8)19-2/h4,7,10H,3,5-6,17H2,1-2H3. The second-order valence-corrected chi connectivity index (χ2v) is 4.90. The number of rotatable bonds is 3. The van der Waals surface area contributed by atoms with Gasteiger partial charge >= 0.3 is 0 Å². The van der Waals surface area contributed by atoms with Crippen molar-refractivity contribution in [1.82, 2.24) is 4.90 Å². The van der Waals surface area contributed by atoms with Crippen LogP contribution in [0.2, 0.25) is 0 Å². The van der Waals surface area contributed by atoms with E-state index in [4.69, 9.17) is 10.5 Å². The van der Waals surface area contributed by atoms with Crippen molar-refractivity contribution >= 4 is 0 Å². The van der Waals surface area contributed by atoms with Crippen LogP contribution in [0.25, 0.3) is 0 Å². The van der Waals surface area contributed by atoms with E-state index >= 15 is 0 Å². The summed E-state index contributed by atoms with van der Waals surface area (Å²) in [6.07, 6.45) is 0.674. The molecule has 1 heterocycles. The van der Waals surface area contributed by atoms with Gasteiger partial charge in [0, 0.05) is 18.2 Å². The van der Waals surface area contributed by atoms with Gasteiger partial charge in [0.2, 0.25) is 5.82 Å². The van der Waals surface area contributed by atoms with Gasteiger partial charge in [-0.3, -0.25) is 4.90 Å². The average Bonchev–Trinajstić information content (AvgIpc) is 2.77. The number of ether oxygens (including phenoxy) is 1. The van der Waals surface area contributed by atoms with Gasteiger partial charge in [0.25, 0.3) is 0 Å². The molecule has 6 heteroatoms. The molecule has 1 aromatic rings. The van der Waals surface area contributed by atoms with Gasteiger partial charge in [0.15, 0.2) is 17.4 Å². The molecule has 0 radical (unpaired) electrons. The zero-order valence-electron chi connectivity index (χ0n) is 10.9. The smallest absolute Gasteiger partial charge is 0.204 e. The van der Waals surface area contributed by atoms with Crippen LogP contribution < -0.4 is 10.5 Å². The first-order chi connectivity index (χ1) is 8.99. The number of hydrogen-bond acceptors (Lipinski definition) is 3. The Labute approximate surface area is 110 Å². The van der Waals surface area contributed by atoms with Crippen LogP contribution in [-0.2, 0) is 0 Å². The van der Waals surface area contributed by atoms with Gasteiger partial charge in [0.05, 0.1) is 7.11 Å². The summed E-state index contributed by atoms with van der Waals surface area (Å²) < 4.78 is 45.2. The SMILES string of the molecule is COc1c(C2CC(CN)CN2C)cc(F)c(F)c1F. The molecule has 1 saturated heterocycles. The van der Waals surface area contributed by atoms with Crippen molar-refractivity contribution in [3.63, 3.8) is 0 Å². The molecule has 0 aliphatic carbocycles. The van der Waals surface area contributed by atoms with Gasteiger partial charge in [-0.15, -0.1) is 0 Å². The third-order valence-electron chi connectivity index (χ3n) is 3.68. The zero-order valence-corrected chi connectivity index (χ0v) is 10.9. The van der Waals surface area contributed by atoms with Crippen molar-refractivity contribution in [3.05, 3.63) is 29.1 Å². The molecule has 106 valence electrons. The van der Waals surface area contributed by atoms with Crippen molar-refractivity contribution in [3.8, 4) is 5.75 Å². The van der Waals surface area contributed by atoms with Crippen LogP contribution in [-0.4, -0.2) is 32.1 Å². The molecule has 3 nitrogen and oxygen atoms in total. The Kier molecular flexibility index (Phi) is 4.01. The van der Waals surface area contributed by atoms with Crippen LogP contribution in [0.3, 0.4) is 0 Å². The van der Waals surface area contributed by atoms with E-state index in [1.165, 1.54) is 7.11 Å². The molecule has 19 heavy (non-hydrogen) atoms. The lowest BCUT2D eigenvalue weighted by atomic mass is 9.98. The molecule has 0 amide bonds. The summed E-state index contributed by atoms with van der Waals surface area (Å²) in [6.45, 7) is 1.25. The fourth-order valence-corrected chi connectivity index (χ4v) is 2.69. The highest BCUT2D eigenvalue weighted by molar-refractivity contribution is 5.39. The molecule has 0 bridgehead atoms. The summed E-state index contributed by atoms with van der Waals surface area (Å²) in [5.41, 5.74) is 5.96. The predicted molar refractivity (Wildman–Crippen MR) is 65.4 cm³/mol. The zero-order chi connectivity index (χ0) is 14.2. The predicted octanol–water partition coefficient (Wildman–Crippen LogP) is 2.06.